The second kappa shape index (κ2) is 10.2. The van der Waals surface area contributed by atoms with Crippen LogP contribution in [0.5, 0.6) is 0 Å². The van der Waals surface area contributed by atoms with E-state index in [9.17, 15) is 4.79 Å². The van der Waals surface area contributed by atoms with Crippen LogP contribution in [-0.2, 0) is 17.6 Å². The van der Waals surface area contributed by atoms with Crippen molar-refractivity contribution in [2.24, 2.45) is 0 Å². The predicted molar refractivity (Wildman–Crippen MR) is 145 cm³/mol. The molecular formula is C31H32N4O. The number of fused-ring (bicyclic) bond motifs is 3. The first kappa shape index (κ1) is 22.9. The molecule has 1 aliphatic carbocycles. The molecule has 5 heteroatoms. The van der Waals surface area contributed by atoms with Crippen molar-refractivity contribution in [3.05, 3.63) is 107 Å². The predicted octanol–water partition coefficient (Wildman–Crippen LogP) is 5.07. The van der Waals surface area contributed by atoms with E-state index in [0.29, 0.717) is 12.5 Å². The lowest BCUT2D eigenvalue weighted by Gasteiger charge is -2.40. The number of carbonyl (C=O) groups excluding carboxylic acids is 1. The third kappa shape index (κ3) is 4.64. The largest absolute Gasteiger partial charge is 0.325 e. The highest BCUT2D eigenvalue weighted by molar-refractivity contribution is 6.00. The molecule has 1 fully saturated rings. The van der Waals surface area contributed by atoms with Crippen molar-refractivity contribution < 1.29 is 4.79 Å². The SMILES string of the molecule is O=C(CCN1CCN(C2c3ccccc3CCc3ccccc32)CC1)Nc1cccc2ncccc12. The first-order valence-electron chi connectivity index (χ1n) is 13.0. The van der Waals surface area contributed by atoms with Crippen molar-refractivity contribution in [2.75, 3.05) is 38.0 Å². The van der Waals surface area contributed by atoms with Crippen molar-refractivity contribution >= 4 is 22.5 Å². The quantitative estimate of drug-likeness (QED) is 0.437. The molecule has 2 heterocycles. The van der Waals surface area contributed by atoms with Crippen LogP contribution < -0.4 is 5.32 Å². The third-order valence-corrected chi connectivity index (χ3v) is 7.71. The monoisotopic (exact) mass is 476 g/mol. The second-order valence-electron chi connectivity index (χ2n) is 9.85. The average Bonchev–Trinajstić information content (AvgIpc) is 3.09. The lowest BCUT2D eigenvalue weighted by Crippen LogP contribution is -2.48. The molecule has 6 rings (SSSR count). The minimum absolute atomic E-state index is 0.0559. The summed E-state index contributed by atoms with van der Waals surface area (Å²) in [7, 11) is 0. The molecule has 36 heavy (non-hydrogen) atoms. The fraction of sp³-hybridized carbons (Fsp3) is 0.290. The van der Waals surface area contributed by atoms with E-state index in [-0.39, 0.29) is 5.91 Å². The highest BCUT2D eigenvalue weighted by atomic mass is 16.1. The van der Waals surface area contributed by atoms with Crippen LogP contribution in [0.4, 0.5) is 5.69 Å². The van der Waals surface area contributed by atoms with E-state index in [1.165, 1.54) is 22.3 Å². The number of carbonyl (C=O) groups is 1. The Hall–Kier alpha value is -3.54. The van der Waals surface area contributed by atoms with Gasteiger partial charge in [0.05, 0.1) is 17.2 Å². The molecule has 182 valence electrons. The summed E-state index contributed by atoms with van der Waals surface area (Å²) in [6.45, 7) is 4.74. The molecule has 0 spiro atoms. The van der Waals surface area contributed by atoms with Gasteiger partial charge in [0.2, 0.25) is 5.91 Å². The molecule has 1 saturated heterocycles. The standard InChI is InChI=1S/C31H32N4O/c36-30(33-29-13-5-12-28-27(29)11-6-17-32-28)16-18-34-19-21-35(22-20-34)31-25-9-3-1-7-23(25)14-15-24-8-2-4-10-26(24)31/h1-13,17,31H,14-16,18-22H2,(H,33,36). The number of nitrogens with zero attached hydrogens (tertiary/aromatic N) is 3. The van der Waals surface area contributed by atoms with Crippen LogP contribution in [-0.4, -0.2) is 53.4 Å². The molecule has 0 bridgehead atoms. The number of anilines is 1. The van der Waals surface area contributed by atoms with Crippen molar-refractivity contribution in [3.63, 3.8) is 0 Å². The van der Waals surface area contributed by atoms with Gasteiger partial charge in [-0.3, -0.25) is 14.7 Å². The van der Waals surface area contributed by atoms with E-state index < -0.39 is 0 Å². The van der Waals surface area contributed by atoms with Gasteiger partial charge in [0, 0.05) is 50.7 Å². The summed E-state index contributed by atoms with van der Waals surface area (Å²) < 4.78 is 0. The Bertz CT molecular complexity index is 1320. The highest BCUT2D eigenvalue weighted by Gasteiger charge is 2.30. The van der Waals surface area contributed by atoms with Gasteiger partial charge in [0.15, 0.2) is 0 Å². The summed E-state index contributed by atoms with van der Waals surface area (Å²) in [5.41, 5.74) is 7.59. The zero-order valence-electron chi connectivity index (χ0n) is 20.6. The Morgan fingerprint density at radius 3 is 2.22 bits per heavy atom. The molecule has 4 aromatic rings. The van der Waals surface area contributed by atoms with Gasteiger partial charge in [-0.1, -0.05) is 54.6 Å². The third-order valence-electron chi connectivity index (χ3n) is 7.71. The van der Waals surface area contributed by atoms with Crippen molar-refractivity contribution in [1.82, 2.24) is 14.8 Å². The van der Waals surface area contributed by atoms with Crippen LogP contribution in [0.2, 0.25) is 0 Å². The molecule has 1 amide bonds. The number of hydrogen-bond donors (Lipinski definition) is 1. The molecule has 0 saturated carbocycles. The van der Waals surface area contributed by atoms with Gasteiger partial charge in [-0.15, -0.1) is 0 Å². The normalized spacial score (nSPS) is 16.8. The Morgan fingerprint density at radius 1 is 0.806 bits per heavy atom. The topological polar surface area (TPSA) is 48.5 Å². The maximum Gasteiger partial charge on any atom is 0.225 e. The number of piperazine rings is 1. The molecule has 3 aromatic carbocycles. The number of hydrogen-bond acceptors (Lipinski definition) is 4. The summed E-state index contributed by atoms with van der Waals surface area (Å²) in [5.74, 6) is 0.0559. The van der Waals surface area contributed by atoms with Gasteiger partial charge < -0.3 is 10.2 Å². The molecule has 5 nitrogen and oxygen atoms in total. The zero-order chi connectivity index (χ0) is 24.3. The summed E-state index contributed by atoms with van der Waals surface area (Å²) in [5, 5.41) is 4.08. The fourth-order valence-electron chi connectivity index (χ4n) is 5.82. The number of benzene rings is 3. The van der Waals surface area contributed by atoms with Crippen LogP contribution in [0.3, 0.4) is 0 Å². The lowest BCUT2D eigenvalue weighted by atomic mass is 9.92. The van der Waals surface area contributed by atoms with Crippen LogP contribution in [0.25, 0.3) is 10.9 Å². The van der Waals surface area contributed by atoms with E-state index in [4.69, 9.17) is 0 Å². The maximum absolute atomic E-state index is 12.8. The summed E-state index contributed by atoms with van der Waals surface area (Å²) in [4.78, 5) is 22.2. The molecule has 0 radical (unpaired) electrons. The molecule has 0 unspecified atom stereocenters. The van der Waals surface area contributed by atoms with Gasteiger partial charge in [-0.2, -0.15) is 0 Å². The molecule has 1 N–H and O–H groups in total. The van der Waals surface area contributed by atoms with E-state index in [0.717, 1.165) is 62.2 Å². The summed E-state index contributed by atoms with van der Waals surface area (Å²) in [6.07, 6.45) is 4.47. The lowest BCUT2D eigenvalue weighted by molar-refractivity contribution is -0.116. The van der Waals surface area contributed by atoms with Crippen LogP contribution in [0.1, 0.15) is 34.7 Å². The highest BCUT2D eigenvalue weighted by Crippen LogP contribution is 2.37. The van der Waals surface area contributed by atoms with Gasteiger partial charge >= 0.3 is 0 Å². The summed E-state index contributed by atoms with van der Waals surface area (Å²) >= 11 is 0. The van der Waals surface area contributed by atoms with Gasteiger partial charge in [0.25, 0.3) is 0 Å². The summed E-state index contributed by atoms with van der Waals surface area (Å²) in [6, 6.07) is 28.0. The van der Waals surface area contributed by atoms with Crippen molar-refractivity contribution in [3.8, 4) is 0 Å². The maximum atomic E-state index is 12.8. The van der Waals surface area contributed by atoms with Crippen LogP contribution in [0, 0.1) is 0 Å². The zero-order valence-corrected chi connectivity index (χ0v) is 20.6. The average molecular weight is 477 g/mol. The van der Waals surface area contributed by atoms with Gasteiger partial charge in [-0.05, 0) is 59.4 Å². The fourth-order valence-corrected chi connectivity index (χ4v) is 5.82. The first-order valence-corrected chi connectivity index (χ1v) is 13.0. The number of aryl methyl sites for hydroxylation is 2. The van der Waals surface area contributed by atoms with Gasteiger partial charge in [-0.25, -0.2) is 0 Å². The smallest absolute Gasteiger partial charge is 0.225 e. The van der Waals surface area contributed by atoms with E-state index in [2.05, 4.69) is 68.6 Å². The number of nitrogens with one attached hydrogen (secondary N) is 1. The van der Waals surface area contributed by atoms with E-state index in [1.807, 2.05) is 30.3 Å². The molecule has 1 aromatic heterocycles. The Kier molecular flexibility index (Phi) is 6.50. The molecule has 1 aliphatic heterocycles. The molecule has 2 aliphatic rings. The second-order valence-corrected chi connectivity index (χ2v) is 9.85. The first-order chi connectivity index (χ1) is 17.8. The van der Waals surface area contributed by atoms with E-state index in [1.54, 1.807) is 6.20 Å². The number of pyridine rings is 1. The van der Waals surface area contributed by atoms with Crippen molar-refractivity contribution in [1.29, 1.82) is 0 Å². The van der Waals surface area contributed by atoms with Crippen LogP contribution >= 0.6 is 0 Å². The van der Waals surface area contributed by atoms with Gasteiger partial charge in [0.1, 0.15) is 0 Å². The van der Waals surface area contributed by atoms with Crippen LogP contribution in [0.15, 0.2) is 85.1 Å². The number of aromatic nitrogens is 1. The number of rotatable bonds is 5. The van der Waals surface area contributed by atoms with Crippen molar-refractivity contribution in [2.45, 2.75) is 25.3 Å². The minimum atomic E-state index is 0.0559. The number of amides is 1. The Morgan fingerprint density at radius 2 is 1.50 bits per heavy atom. The van der Waals surface area contributed by atoms with E-state index >= 15 is 0 Å². The Balaban J connectivity index is 1.10. The Labute approximate surface area is 212 Å². The minimum Gasteiger partial charge on any atom is -0.325 e. The molecule has 0 atom stereocenters. The molecular weight excluding hydrogens is 444 g/mol.